The van der Waals surface area contributed by atoms with Crippen LogP contribution in [-0.4, -0.2) is 19.2 Å². The molecule has 2 aliphatic heterocycles. The molecule has 1 fully saturated rings. The molecule has 0 spiro atoms. The number of anilines is 1. The van der Waals surface area contributed by atoms with Gasteiger partial charge in [0.1, 0.15) is 11.9 Å². The van der Waals surface area contributed by atoms with Gasteiger partial charge in [-0.2, -0.15) is 0 Å². The van der Waals surface area contributed by atoms with E-state index in [-0.39, 0.29) is 0 Å². The summed E-state index contributed by atoms with van der Waals surface area (Å²) in [4.78, 5) is 0. The van der Waals surface area contributed by atoms with E-state index in [2.05, 4.69) is 11.4 Å². The molecule has 2 atom stereocenters. The number of ether oxygens (including phenoxy) is 1. The van der Waals surface area contributed by atoms with Gasteiger partial charge in [0.15, 0.2) is 0 Å². The normalized spacial score (nSPS) is 29.1. The summed E-state index contributed by atoms with van der Waals surface area (Å²) in [5.41, 5.74) is 7.94. The average molecular weight is 190 g/mol. The van der Waals surface area contributed by atoms with Gasteiger partial charge in [0.25, 0.3) is 0 Å². The SMILES string of the molecule is Nc1cccc2c1OC1CCNCC21. The molecule has 2 aliphatic rings. The van der Waals surface area contributed by atoms with Crippen molar-refractivity contribution in [3.05, 3.63) is 23.8 Å². The van der Waals surface area contributed by atoms with Gasteiger partial charge in [-0.1, -0.05) is 12.1 Å². The van der Waals surface area contributed by atoms with E-state index in [1.54, 1.807) is 0 Å². The minimum absolute atomic E-state index is 0.343. The summed E-state index contributed by atoms with van der Waals surface area (Å²) in [6, 6.07) is 6.04. The largest absolute Gasteiger partial charge is 0.487 e. The second-order valence-corrected chi connectivity index (χ2v) is 4.02. The molecule has 1 saturated heterocycles. The van der Waals surface area contributed by atoms with Gasteiger partial charge < -0.3 is 15.8 Å². The molecular formula is C11H14N2O. The van der Waals surface area contributed by atoms with Gasteiger partial charge in [0, 0.05) is 18.0 Å². The van der Waals surface area contributed by atoms with Crippen LogP contribution < -0.4 is 15.8 Å². The maximum atomic E-state index is 5.88. The highest BCUT2D eigenvalue weighted by Crippen LogP contribution is 2.43. The Bertz CT molecular complexity index is 364. The first kappa shape index (κ1) is 8.12. The highest BCUT2D eigenvalue weighted by atomic mass is 16.5. The molecule has 2 heterocycles. The summed E-state index contributed by atoms with van der Waals surface area (Å²) in [6.07, 6.45) is 1.43. The third-order valence-corrected chi connectivity index (χ3v) is 3.16. The minimum atomic E-state index is 0.343. The first-order chi connectivity index (χ1) is 6.86. The van der Waals surface area contributed by atoms with Crippen LogP contribution in [0.3, 0.4) is 0 Å². The molecule has 0 amide bonds. The number of para-hydroxylation sites is 1. The van der Waals surface area contributed by atoms with Crippen molar-refractivity contribution in [3.63, 3.8) is 0 Å². The third-order valence-electron chi connectivity index (χ3n) is 3.16. The van der Waals surface area contributed by atoms with Crippen LogP contribution in [0.2, 0.25) is 0 Å². The zero-order valence-corrected chi connectivity index (χ0v) is 7.99. The predicted molar refractivity (Wildman–Crippen MR) is 55.5 cm³/mol. The molecule has 3 heteroatoms. The summed E-state index contributed by atoms with van der Waals surface area (Å²) in [5.74, 6) is 1.42. The maximum Gasteiger partial charge on any atom is 0.146 e. The molecular weight excluding hydrogens is 176 g/mol. The van der Waals surface area contributed by atoms with E-state index < -0.39 is 0 Å². The van der Waals surface area contributed by atoms with E-state index in [4.69, 9.17) is 10.5 Å². The number of nitrogens with one attached hydrogen (secondary N) is 1. The van der Waals surface area contributed by atoms with E-state index in [1.165, 1.54) is 5.56 Å². The molecule has 0 saturated carbocycles. The van der Waals surface area contributed by atoms with Gasteiger partial charge in [0.2, 0.25) is 0 Å². The number of nitrogen functional groups attached to an aromatic ring is 1. The summed E-state index contributed by atoms with van der Waals surface area (Å²) in [7, 11) is 0. The van der Waals surface area contributed by atoms with Gasteiger partial charge in [-0.3, -0.25) is 0 Å². The van der Waals surface area contributed by atoms with Crippen molar-refractivity contribution in [1.82, 2.24) is 5.32 Å². The summed E-state index contributed by atoms with van der Waals surface area (Å²) in [5, 5.41) is 3.40. The van der Waals surface area contributed by atoms with Crippen molar-refractivity contribution in [2.24, 2.45) is 0 Å². The molecule has 1 aromatic carbocycles. The Morgan fingerprint density at radius 3 is 3.29 bits per heavy atom. The van der Waals surface area contributed by atoms with Crippen LogP contribution in [0.5, 0.6) is 5.75 Å². The van der Waals surface area contributed by atoms with Crippen LogP contribution in [0.25, 0.3) is 0 Å². The van der Waals surface area contributed by atoms with Gasteiger partial charge >= 0.3 is 0 Å². The molecule has 3 rings (SSSR count). The van der Waals surface area contributed by atoms with Crippen molar-refractivity contribution < 1.29 is 4.74 Å². The van der Waals surface area contributed by atoms with Crippen molar-refractivity contribution in [2.75, 3.05) is 18.8 Å². The van der Waals surface area contributed by atoms with E-state index >= 15 is 0 Å². The number of piperidine rings is 1. The number of hydrogen-bond acceptors (Lipinski definition) is 3. The standard InChI is InChI=1S/C11H14N2O/c12-9-3-1-2-7-8-6-13-5-4-10(8)14-11(7)9/h1-3,8,10,13H,4-6,12H2. The van der Waals surface area contributed by atoms with Gasteiger partial charge in [-0.25, -0.2) is 0 Å². The van der Waals surface area contributed by atoms with Gasteiger partial charge in [-0.15, -0.1) is 0 Å². The molecule has 3 nitrogen and oxygen atoms in total. The highest BCUT2D eigenvalue weighted by Gasteiger charge is 2.36. The summed E-state index contributed by atoms with van der Waals surface area (Å²) in [6.45, 7) is 2.07. The van der Waals surface area contributed by atoms with E-state index in [0.717, 1.165) is 30.9 Å². The third kappa shape index (κ3) is 1.02. The monoisotopic (exact) mass is 190 g/mol. The van der Waals surface area contributed by atoms with E-state index in [9.17, 15) is 0 Å². The summed E-state index contributed by atoms with van der Waals surface area (Å²) < 4.78 is 5.88. The predicted octanol–water partition coefficient (Wildman–Crippen LogP) is 1.11. The highest BCUT2D eigenvalue weighted by molar-refractivity contribution is 5.60. The number of nitrogens with two attached hydrogens (primary N) is 1. The van der Waals surface area contributed by atoms with Gasteiger partial charge in [0.05, 0.1) is 5.69 Å². The first-order valence-corrected chi connectivity index (χ1v) is 5.12. The Morgan fingerprint density at radius 2 is 2.36 bits per heavy atom. The first-order valence-electron chi connectivity index (χ1n) is 5.12. The van der Waals surface area contributed by atoms with Crippen LogP contribution in [-0.2, 0) is 0 Å². The molecule has 14 heavy (non-hydrogen) atoms. The fraction of sp³-hybridized carbons (Fsp3) is 0.455. The minimum Gasteiger partial charge on any atom is -0.487 e. The van der Waals surface area contributed by atoms with Crippen molar-refractivity contribution in [2.45, 2.75) is 18.4 Å². The Hall–Kier alpha value is -1.22. The molecule has 74 valence electrons. The van der Waals surface area contributed by atoms with Crippen LogP contribution >= 0.6 is 0 Å². The van der Waals surface area contributed by atoms with Crippen LogP contribution in [0.4, 0.5) is 5.69 Å². The molecule has 0 radical (unpaired) electrons. The van der Waals surface area contributed by atoms with Crippen LogP contribution in [0, 0.1) is 0 Å². The lowest BCUT2D eigenvalue weighted by Crippen LogP contribution is -2.37. The topological polar surface area (TPSA) is 47.3 Å². The Morgan fingerprint density at radius 1 is 1.43 bits per heavy atom. The number of rotatable bonds is 0. The lowest BCUT2D eigenvalue weighted by molar-refractivity contribution is 0.173. The number of hydrogen-bond donors (Lipinski definition) is 2. The molecule has 0 aliphatic carbocycles. The molecule has 2 unspecified atom stereocenters. The Kier molecular flexibility index (Phi) is 1.67. The van der Waals surface area contributed by atoms with Crippen molar-refractivity contribution in [1.29, 1.82) is 0 Å². The van der Waals surface area contributed by atoms with E-state index in [1.807, 2.05) is 12.1 Å². The summed E-state index contributed by atoms with van der Waals surface area (Å²) >= 11 is 0. The second-order valence-electron chi connectivity index (χ2n) is 4.02. The zero-order chi connectivity index (χ0) is 9.54. The molecule has 0 aromatic heterocycles. The fourth-order valence-electron chi connectivity index (χ4n) is 2.44. The Labute approximate surface area is 83.2 Å². The lowest BCUT2D eigenvalue weighted by atomic mass is 9.91. The quantitative estimate of drug-likeness (QED) is 0.602. The van der Waals surface area contributed by atoms with Gasteiger partial charge in [-0.05, 0) is 19.0 Å². The van der Waals surface area contributed by atoms with Crippen molar-refractivity contribution >= 4 is 5.69 Å². The van der Waals surface area contributed by atoms with E-state index in [0.29, 0.717) is 12.0 Å². The van der Waals surface area contributed by atoms with Crippen molar-refractivity contribution in [3.8, 4) is 5.75 Å². The zero-order valence-electron chi connectivity index (χ0n) is 7.99. The Balaban J connectivity index is 2.05. The van der Waals surface area contributed by atoms with Crippen LogP contribution in [0.15, 0.2) is 18.2 Å². The smallest absolute Gasteiger partial charge is 0.146 e. The maximum absolute atomic E-state index is 5.88. The average Bonchev–Trinajstić information content (AvgIpc) is 2.59. The molecule has 1 aromatic rings. The lowest BCUT2D eigenvalue weighted by Gasteiger charge is -2.24. The number of fused-ring (bicyclic) bond motifs is 3. The number of benzene rings is 1. The second kappa shape index (κ2) is 2.89. The molecule has 0 bridgehead atoms. The molecule has 3 N–H and O–H groups in total. The fourth-order valence-corrected chi connectivity index (χ4v) is 2.44. The van der Waals surface area contributed by atoms with Crippen LogP contribution in [0.1, 0.15) is 17.9 Å².